The molecule has 0 heterocycles. The summed E-state index contributed by atoms with van der Waals surface area (Å²) in [5, 5.41) is 3.38. The molecule has 1 aliphatic carbocycles. The van der Waals surface area contributed by atoms with E-state index in [4.69, 9.17) is 9.47 Å². The van der Waals surface area contributed by atoms with Crippen molar-refractivity contribution in [3.8, 4) is 5.75 Å². The number of nitrogens with one attached hydrogen (secondary N) is 1. The molecule has 112 valence electrons. The van der Waals surface area contributed by atoms with Crippen molar-refractivity contribution in [2.24, 2.45) is 0 Å². The molecule has 0 bridgehead atoms. The highest BCUT2D eigenvalue weighted by atomic mass is 16.5. The summed E-state index contributed by atoms with van der Waals surface area (Å²) in [5.41, 5.74) is 2.54. The fourth-order valence-electron chi connectivity index (χ4n) is 2.82. The minimum Gasteiger partial charge on any atom is -0.490 e. The van der Waals surface area contributed by atoms with Gasteiger partial charge in [0.25, 0.3) is 0 Å². The van der Waals surface area contributed by atoms with Crippen LogP contribution in [-0.4, -0.2) is 25.9 Å². The predicted molar refractivity (Wildman–Crippen MR) is 82.2 cm³/mol. The van der Waals surface area contributed by atoms with Crippen LogP contribution in [0.4, 0.5) is 0 Å². The number of hydrogen-bond donors (Lipinski definition) is 1. The molecule has 0 amide bonds. The van der Waals surface area contributed by atoms with E-state index in [2.05, 4.69) is 37.4 Å². The third kappa shape index (κ3) is 4.22. The second kappa shape index (κ2) is 7.65. The quantitative estimate of drug-likeness (QED) is 0.864. The molecule has 1 N–H and O–H groups in total. The van der Waals surface area contributed by atoms with Crippen molar-refractivity contribution >= 4 is 0 Å². The molecule has 0 aliphatic heterocycles. The standard InChI is InChI=1S/C17H27NO2/c1-4-18-12-14-10-13(2)8-9-17(14)20-16-7-5-6-15(11-16)19-3/h8-10,15-16,18H,4-7,11-12H2,1-3H3. The first-order chi connectivity index (χ1) is 9.72. The van der Waals surface area contributed by atoms with Crippen LogP contribution in [0.25, 0.3) is 0 Å². The smallest absolute Gasteiger partial charge is 0.124 e. The van der Waals surface area contributed by atoms with Gasteiger partial charge in [-0.05, 0) is 38.8 Å². The van der Waals surface area contributed by atoms with Crippen molar-refractivity contribution in [2.45, 2.75) is 58.3 Å². The number of aryl methyl sites for hydroxylation is 1. The Kier molecular flexibility index (Phi) is 5.86. The summed E-state index contributed by atoms with van der Waals surface area (Å²) < 4.78 is 11.7. The van der Waals surface area contributed by atoms with Gasteiger partial charge in [-0.1, -0.05) is 24.6 Å². The van der Waals surface area contributed by atoms with E-state index < -0.39 is 0 Å². The number of rotatable bonds is 6. The average Bonchev–Trinajstić information content (AvgIpc) is 2.47. The molecule has 3 heteroatoms. The zero-order chi connectivity index (χ0) is 14.4. The van der Waals surface area contributed by atoms with Gasteiger partial charge >= 0.3 is 0 Å². The van der Waals surface area contributed by atoms with Gasteiger partial charge in [-0.25, -0.2) is 0 Å². The summed E-state index contributed by atoms with van der Waals surface area (Å²) in [4.78, 5) is 0. The maximum absolute atomic E-state index is 6.25. The third-order valence-corrected chi connectivity index (χ3v) is 3.99. The lowest BCUT2D eigenvalue weighted by Gasteiger charge is -2.29. The number of benzene rings is 1. The van der Waals surface area contributed by atoms with Gasteiger partial charge in [0.15, 0.2) is 0 Å². The maximum Gasteiger partial charge on any atom is 0.124 e. The van der Waals surface area contributed by atoms with Gasteiger partial charge in [0.05, 0.1) is 6.10 Å². The molecule has 0 saturated heterocycles. The largest absolute Gasteiger partial charge is 0.490 e. The Bertz CT molecular complexity index is 419. The Hall–Kier alpha value is -1.06. The molecule has 2 atom stereocenters. The van der Waals surface area contributed by atoms with E-state index in [-0.39, 0.29) is 6.10 Å². The highest BCUT2D eigenvalue weighted by molar-refractivity contribution is 5.37. The van der Waals surface area contributed by atoms with Crippen LogP contribution < -0.4 is 10.1 Å². The summed E-state index contributed by atoms with van der Waals surface area (Å²) >= 11 is 0. The first-order valence-electron chi connectivity index (χ1n) is 7.72. The van der Waals surface area contributed by atoms with Gasteiger partial charge < -0.3 is 14.8 Å². The lowest BCUT2D eigenvalue weighted by molar-refractivity contribution is 0.0206. The van der Waals surface area contributed by atoms with Crippen molar-refractivity contribution < 1.29 is 9.47 Å². The third-order valence-electron chi connectivity index (χ3n) is 3.99. The predicted octanol–water partition coefficient (Wildman–Crippen LogP) is 3.44. The number of methoxy groups -OCH3 is 1. The van der Waals surface area contributed by atoms with Crippen molar-refractivity contribution in [3.63, 3.8) is 0 Å². The topological polar surface area (TPSA) is 30.5 Å². The molecule has 1 aromatic carbocycles. The molecule has 3 nitrogen and oxygen atoms in total. The van der Waals surface area contributed by atoms with Crippen LogP contribution in [0, 0.1) is 6.92 Å². The SMILES string of the molecule is CCNCc1cc(C)ccc1OC1CCCC(OC)C1. The van der Waals surface area contributed by atoms with E-state index in [9.17, 15) is 0 Å². The highest BCUT2D eigenvalue weighted by Gasteiger charge is 2.23. The molecular weight excluding hydrogens is 250 g/mol. The number of hydrogen-bond acceptors (Lipinski definition) is 3. The van der Waals surface area contributed by atoms with Crippen LogP contribution in [0.1, 0.15) is 43.7 Å². The van der Waals surface area contributed by atoms with Crippen LogP contribution >= 0.6 is 0 Å². The van der Waals surface area contributed by atoms with Crippen LogP contribution in [0.15, 0.2) is 18.2 Å². The Labute approximate surface area is 122 Å². The van der Waals surface area contributed by atoms with Crippen LogP contribution in [0.3, 0.4) is 0 Å². The molecule has 20 heavy (non-hydrogen) atoms. The molecule has 0 radical (unpaired) electrons. The van der Waals surface area contributed by atoms with Crippen molar-refractivity contribution in [1.29, 1.82) is 0 Å². The van der Waals surface area contributed by atoms with E-state index in [1.807, 2.05) is 0 Å². The van der Waals surface area contributed by atoms with Gasteiger partial charge in [0.2, 0.25) is 0 Å². The molecular formula is C17H27NO2. The van der Waals surface area contributed by atoms with Gasteiger partial charge in [-0.2, -0.15) is 0 Å². The zero-order valence-corrected chi connectivity index (χ0v) is 12.9. The lowest BCUT2D eigenvalue weighted by atomic mass is 9.95. The number of ether oxygens (including phenoxy) is 2. The van der Waals surface area contributed by atoms with E-state index >= 15 is 0 Å². The van der Waals surface area contributed by atoms with Crippen LogP contribution in [0.2, 0.25) is 0 Å². The summed E-state index contributed by atoms with van der Waals surface area (Å²) in [6, 6.07) is 6.45. The highest BCUT2D eigenvalue weighted by Crippen LogP contribution is 2.28. The minimum absolute atomic E-state index is 0.289. The fourth-order valence-corrected chi connectivity index (χ4v) is 2.82. The molecule has 2 rings (SSSR count). The Morgan fingerprint density at radius 1 is 1.25 bits per heavy atom. The molecule has 1 aliphatic rings. The molecule has 0 aromatic heterocycles. The maximum atomic E-state index is 6.25. The summed E-state index contributed by atoms with van der Waals surface area (Å²) in [7, 11) is 1.80. The molecule has 2 unspecified atom stereocenters. The van der Waals surface area contributed by atoms with E-state index in [1.54, 1.807) is 7.11 Å². The Morgan fingerprint density at radius 2 is 2.05 bits per heavy atom. The van der Waals surface area contributed by atoms with Gasteiger partial charge in [-0.15, -0.1) is 0 Å². The summed E-state index contributed by atoms with van der Waals surface area (Å²) in [6.07, 6.45) is 5.14. The van der Waals surface area contributed by atoms with E-state index in [0.29, 0.717) is 6.10 Å². The summed E-state index contributed by atoms with van der Waals surface area (Å²) in [5.74, 6) is 1.03. The van der Waals surface area contributed by atoms with Crippen molar-refractivity contribution in [3.05, 3.63) is 29.3 Å². The Balaban J connectivity index is 2.03. The molecule has 1 saturated carbocycles. The normalized spacial score (nSPS) is 22.8. The fraction of sp³-hybridized carbons (Fsp3) is 0.647. The van der Waals surface area contributed by atoms with Gasteiger partial charge in [0, 0.05) is 25.6 Å². The van der Waals surface area contributed by atoms with Crippen molar-refractivity contribution in [1.82, 2.24) is 5.32 Å². The Morgan fingerprint density at radius 3 is 2.80 bits per heavy atom. The lowest BCUT2D eigenvalue weighted by Crippen LogP contribution is -2.30. The van der Waals surface area contributed by atoms with E-state index in [0.717, 1.165) is 38.1 Å². The van der Waals surface area contributed by atoms with Crippen LogP contribution in [0.5, 0.6) is 5.75 Å². The second-order valence-corrected chi connectivity index (χ2v) is 5.66. The molecule has 1 fully saturated rings. The second-order valence-electron chi connectivity index (χ2n) is 5.66. The average molecular weight is 277 g/mol. The van der Waals surface area contributed by atoms with E-state index in [1.165, 1.54) is 17.5 Å². The first kappa shape index (κ1) is 15.3. The first-order valence-corrected chi connectivity index (χ1v) is 7.72. The minimum atomic E-state index is 0.289. The summed E-state index contributed by atoms with van der Waals surface area (Å²) in [6.45, 7) is 6.10. The van der Waals surface area contributed by atoms with Crippen molar-refractivity contribution in [2.75, 3.05) is 13.7 Å². The monoisotopic (exact) mass is 277 g/mol. The molecule has 0 spiro atoms. The van der Waals surface area contributed by atoms with Crippen LogP contribution in [-0.2, 0) is 11.3 Å². The molecule has 1 aromatic rings. The zero-order valence-electron chi connectivity index (χ0n) is 12.9. The van der Waals surface area contributed by atoms with Gasteiger partial charge in [-0.3, -0.25) is 0 Å². The van der Waals surface area contributed by atoms with Gasteiger partial charge in [0.1, 0.15) is 11.9 Å².